The summed E-state index contributed by atoms with van der Waals surface area (Å²) in [7, 11) is 2.73. The van der Waals surface area contributed by atoms with Crippen LogP contribution in [-0.4, -0.2) is 51.3 Å². The maximum Gasteiger partial charge on any atom is 0.366 e. The molecule has 0 spiro atoms. The van der Waals surface area contributed by atoms with Crippen LogP contribution in [0.1, 0.15) is 12.8 Å². The molecule has 0 saturated carbocycles. The van der Waals surface area contributed by atoms with Gasteiger partial charge in [0, 0.05) is 26.4 Å². The molecule has 1 heterocycles. The molecule has 1 rings (SSSR count). The van der Waals surface area contributed by atoms with Crippen molar-refractivity contribution in [3.63, 3.8) is 0 Å². The second-order valence-electron chi connectivity index (χ2n) is 3.71. The van der Waals surface area contributed by atoms with Crippen LogP contribution in [0.3, 0.4) is 0 Å². The molecule has 7 nitrogen and oxygen atoms in total. The van der Waals surface area contributed by atoms with Crippen molar-refractivity contribution < 1.29 is 32.7 Å². The Morgan fingerprint density at radius 1 is 1.44 bits per heavy atom. The molecule has 1 fully saturated rings. The quantitative estimate of drug-likeness (QED) is 0.419. The predicted octanol–water partition coefficient (Wildman–Crippen LogP) is 0.0857. The molecule has 0 N–H and O–H groups in total. The first kappa shape index (κ1) is 15.2. The summed E-state index contributed by atoms with van der Waals surface area (Å²) in [5.41, 5.74) is 0. The van der Waals surface area contributed by atoms with Gasteiger partial charge in [-0.25, -0.2) is 4.79 Å². The van der Waals surface area contributed by atoms with Crippen LogP contribution >= 0.6 is 12.9 Å². The Hall–Kier alpha value is -0.830. The highest BCUT2D eigenvalue weighted by Crippen LogP contribution is 2.30. The van der Waals surface area contributed by atoms with Crippen molar-refractivity contribution in [3.05, 3.63) is 0 Å². The van der Waals surface area contributed by atoms with Crippen LogP contribution in [0.2, 0.25) is 0 Å². The summed E-state index contributed by atoms with van der Waals surface area (Å²) in [4.78, 5) is 22.7. The largest absolute Gasteiger partial charge is 0.465 e. The molecule has 0 aromatic rings. The SMILES string of the molecule is COCC1COC(CCC(=O)OS)(C(=O)OC)O1. The molecule has 0 aromatic heterocycles. The highest BCUT2D eigenvalue weighted by Gasteiger charge is 2.49. The van der Waals surface area contributed by atoms with Crippen LogP contribution in [0.5, 0.6) is 0 Å². The van der Waals surface area contributed by atoms with E-state index in [1.165, 1.54) is 14.2 Å². The van der Waals surface area contributed by atoms with Gasteiger partial charge in [-0.3, -0.25) is 4.79 Å². The van der Waals surface area contributed by atoms with Crippen LogP contribution in [-0.2, 0) is 32.7 Å². The molecule has 18 heavy (non-hydrogen) atoms. The maximum absolute atomic E-state index is 11.7. The first-order chi connectivity index (χ1) is 8.57. The van der Waals surface area contributed by atoms with Gasteiger partial charge in [0.1, 0.15) is 6.10 Å². The lowest BCUT2D eigenvalue weighted by Crippen LogP contribution is -2.42. The van der Waals surface area contributed by atoms with E-state index in [9.17, 15) is 9.59 Å². The maximum atomic E-state index is 11.7. The van der Waals surface area contributed by atoms with Gasteiger partial charge < -0.3 is 23.1 Å². The molecule has 104 valence electrons. The molecule has 0 aliphatic carbocycles. The Morgan fingerprint density at radius 3 is 2.72 bits per heavy atom. The summed E-state index contributed by atoms with van der Waals surface area (Å²) in [5.74, 6) is -2.84. The monoisotopic (exact) mass is 280 g/mol. The Labute approximate surface area is 110 Å². The number of esters is 1. The molecule has 2 atom stereocenters. The van der Waals surface area contributed by atoms with Gasteiger partial charge in [-0.15, -0.1) is 0 Å². The molecular weight excluding hydrogens is 264 g/mol. The zero-order valence-corrected chi connectivity index (χ0v) is 11.1. The van der Waals surface area contributed by atoms with Crippen molar-refractivity contribution in [2.75, 3.05) is 27.4 Å². The van der Waals surface area contributed by atoms with E-state index in [1.54, 1.807) is 0 Å². The number of hydrogen-bond acceptors (Lipinski definition) is 8. The highest BCUT2D eigenvalue weighted by atomic mass is 32.1. The average molecular weight is 280 g/mol. The molecule has 1 aliphatic rings. The zero-order chi connectivity index (χ0) is 13.6. The summed E-state index contributed by atoms with van der Waals surface area (Å²) >= 11 is 3.38. The Morgan fingerprint density at radius 2 is 2.17 bits per heavy atom. The summed E-state index contributed by atoms with van der Waals surface area (Å²) in [5, 5.41) is 0. The van der Waals surface area contributed by atoms with E-state index in [0.717, 1.165) is 0 Å². The van der Waals surface area contributed by atoms with Crippen molar-refractivity contribution >= 4 is 24.8 Å². The normalized spacial score (nSPS) is 26.9. The fourth-order valence-corrected chi connectivity index (χ4v) is 1.73. The Balaban J connectivity index is 2.66. The second kappa shape index (κ2) is 6.93. The van der Waals surface area contributed by atoms with Crippen LogP contribution in [0.25, 0.3) is 0 Å². The number of carbonyl (C=O) groups is 2. The minimum absolute atomic E-state index is 0.000713. The smallest absolute Gasteiger partial charge is 0.366 e. The Kier molecular flexibility index (Phi) is 5.86. The number of hydrogen-bond donors (Lipinski definition) is 1. The van der Waals surface area contributed by atoms with Crippen molar-refractivity contribution in [1.82, 2.24) is 0 Å². The summed E-state index contributed by atoms with van der Waals surface area (Å²) in [6.07, 6.45) is -0.446. The Bertz CT molecular complexity index is 309. The summed E-state index contributed by atoms with van der Waals surface area (Å²) in [6, 6.07) is 0. The second-order valence-corrected chi connectivity index (χ2v) is 3.90. The standard InChI is InChI=1S/C10H16O7S/c1-13-5-7-6-15-10(16-7,9(12)14-2)4-3-8(11)17-18/h7,18H,3-6H2,1-2H3. The van der Waals surface area contributed by atoms with Crippen molar-refractivity contribution in [1.29, 1.82) is 0 Å². The molecule has 0 amide bonds. The van der Waals surface area contributed by atoms with Gasteiger partial charge in [-0.05, 0) is 0 Å². The minimum Gasteiger partial charge on any atom is -0.465 e. The lowest BCUT2D eigenvalue weighted by atomic mass is 10.1. The fourth-order valence-electron chi connectivity index (χ4n) is 1.64. The van der Waals surface area contributed by atoms with Gasteiger partial charge in [0.2, 0.25) is 0 Å². The van der Waals surface area contributed by atoms with Gasteiger partial charge in [0.25, 0.3) is 5.79 Å². The van der Waals surface area contributed by atoms with E-state index in [1.807, 2.05) is 0 Å². The van der Waals surface area contributed by atoms with Crippen LogP contribution in [0, 0.1) is 0 Å². The van der Waals surface area contributed by atoms with E-state index < -0.39 is 17.7 Å². The summed E-state index contributed by atoms with van der Waals surface area (Å²) < 4.78 is 24.6. The van der Waals surface area contributed by atoms with E-state index in [4.69, 9.17) is 14.2 Å². The van der Waals surface area contributed by atoms with Gasteiger partial charge >= 0.3 is 11.9 Å². The van der Waals surface area contributed by atoms with Gasteiger partial charge in [-0.2, -0.15) is 0 Å². The molecule has 2 unspecified atom stereocenters. The third-order valence-corrected chi connectivity index (χ3v) is 2.67. The summed E-state index contributed by atoms with van der Waals surface area (Å²) in [6.45, 7) is 0.481. The number of carbonyl (C=O) groups excluding carboxylic acids is 2. The van der Waals surface area contributed by atoms with E-state index >= 15 is 0 Å². The number of methoxy groups -OCH3 is 2. The van der Waals surface area contributed by atoms with Crippen molar-refractivity contribution in [2.45, 2.75) is 24.7 Å². The molecular formula is C10H16O7S. The van der Waals surface area contributed by atoms with Crippen molar-refractivity contribution in [2.24, 2.45) is 0 Å². The van der Waals surface area contributed by atoms with Gasteiger partial charge in [0.15, 0.2) is 0 Å². The minimum atomic E-state index is -1.57. The highest BCUT2D eigenvalue weighted by molar-refractivity contribution is 7.75. The first-order valence-electron chi connectivity index (χ1n) is 5.31. The third-order valence-electron chi connectivity index (χ3n) is 2.47. The molecule has 8 heteroatoms. The van der Waals surface area contributed by atoms with Crippen LogP contribution in [0.15, 0.2) is 0 Å². The van der Waals surface area contributed by atoms with Crippen LogP contribution < -0.4 is 0 Å². The topological polar surface area (TPSA) is 80.3 Å². The van der Waals surface area contributed by atoms with E-state index in [-0.39, 0.29) is 32.2 Å². The molecule has 1 saturated heterocycles. The fraction of sp³-hybridized carbons (Fsp3) is 0.800. The van der Waals surface area contributed by atoms with Crippen molar-refractivity contribution in [3.8, 4) is 0 Å². The van der Waals surface area contributed by atoms with E-state index in [0.29, 0.717) is 0 Å². The zero-order valence-electron chi connectivity index (χ0n) is 10.2. The molecule has 0 radical (unpaired) electrons. The molecule has 0 aromatic carbocycles. The average Bonchev–Trinajstić information content (AvgIpc) is 2.80. The first-order valence-corrected chi connectivity index (χ1v) is 5.68. The van der Waals surface area contributed by atoms with Gasteiger partial charge in [-0.1, -0.05) is 0 Å². The predicted molar refractivity (Wildman–Crippen MR) is 61.8 cm³/mol. The molecule has 0 bridgehead atoms. The number of rotatable bonds is 6. The number of ether oxygens (including phenoxy) is 4. The molecule has 1 aliphatic heterocycles. The van der Waals surface area contributed by atoms with Gasteiger partial charge in [0.05, 0.1) is 26.7 Å². The lowest BCUT2D eigenvalue weighted by molar-refractivity contribution is -0.213. The van der Waals surface area contributed by atoms with Crippen LogP contribution in [0.4, 0.5) is 0 Å². The third kappa shape index (κ3) is 3.58. The number of thiol groups is 1. The lowest BCUT2D eigenvalue weighted by Gasteiger charge is -2.24. The van der Waals surface area contributed by atoms with E-state index in [2.05, 4.69) is 21.8 Å².